The molecule has 0 aliphatic carbocycles. The van der Waals surface area contributed by atoms with Crippen molar-refractivity contribution in [3.8, 4) is 22.3 Å². The zero-order valence-corrected chi connectivity index (χ0v) is 18.1. The molecule has 0 saturated heterocycles. The van der Waals surface area contributed by atoms with E-state index >= 15 is 0 Å². The van der Waals surface area contributed by atoms with Gasteiger partial charge >= 0.3 is 12.1 Å². The first-order valence-corrected chi connectivity index (χ1v) is 10.3. The first-order chi connectivity index (χ1) is 15.0. The third kappa shape index (κ3) is 5.49. The molecule has 32 heavy (non-hydrogen) atoms. The zero-order chi connectivity index (χ0) is 23.6. The molecule has 0 heterocycles. The van der Waals surface area contributed by atoms with Crippen LogP contribution >= 0.6 is 11.6 Å². The number of rotatable bonds is 6. The van der Waals surface area contributed by atoms with E-state index in [0.29, 0.717) is 34.2 Å². The van der Waals surface area contributed by atoms with Crippen LogP contribution in [0.3, 0.4) is 0 Å². The van der Waals surface area contributed by atoms with Crippen molar-refractivity contribution in [3.05, 3.63) is 82.6 Å². The average molecular weight is 465 g/mol. The van der Waals surface area contributed by atoms with Gasteiger partial charge in [-0.05, 0) is 70.5 Å². The number of carboxylic acids is 1. The molecule has 3 aromatic carbocycles. The van der Waals surface area contributed by atoms with Crippen molar-refractivity contribution in [2.45, 2.75) is 32.4 Å². The smallest absolute Gasteiger partial charge is 0.416 e. The maximum Gasteiger partial charge on any atom is 0.416 e. The lowest BCUT2D eigenvalue weighted by molar-refractivity contribution is -0.139. The number of alkyl halides is 3. The van der Waals surface area contributed by atoms with Gasteiger partial charge in [-0.3, -0.25) is 4.79 Å². The molecule has 3 aromatic rings. The van der Waals surface area contributed by atoms with Gasteiger partial charge in [0.25, 0.3) is 0 Å². The summed E-state index contributed by atoms with van der Waals surface area (Å²) >= 11 is 5.78. The summed E-state index contributed by atoms with van der Waals surface area (Å²) in [5.41, 5.74) is 1.77. The van der Waals surface area contributed by atoms with Crippen molar-refractivity contribution in [2.24, 2.45) is 5.92 Å². The molecule has 0 aliphatic heterocycles. The Morgan fingerprint density at radius 1 is 0.906 bits per heavy atom. The Kier molecular flexibility index (Phi) is 6.94. The number of aliphatic carboxylic acids is 1. The largest absolute Gasteiger partial charge is 0.481 e. The molecule has 7 heteroatoms. The molecule has 1 N–H and O–H groups in total. The SMILES string of the molecule is CC(C)C[C@H](C(=O)O)c1cc(-c2ccc(C(F)(F)F)cc2)cc(-c2ccc(Cl)c(F)c2)c1. The van der Waals surface area contributed by atoms with Gasteiger partial charge in [-0.2, -0.15) is 13.2 Å². The monoisotopic (exact) mass is 464 g/mol. The third-order valence-corrected chi connectivity index (χ3v) is 5.47. The minimum absolute atomic E-state index is 0.0453. The van der Waals surface area contributed by atoms with Gasteiger partial charge in [0.1, 0.15) is 5.82 Å². The maximum absolute atomic E-state index is 14.1. The van der Waals surface area contributed by atoms with Crippen molar-refractivity contribution >= 4 is 17.6 Å². The summed E-state index contributed by atoms with van der Waals surface area (Å²) in [6.45, 7) is 3.82. The van der Waals surface area contributed by atoms with E-state index in [1.165, 1.54) is 24.3 Å². The molecule has 0 aromatic heterocycles. The van der Waals surface area contributed by atoms with E-state index in [4.69, 9.17) is 11.6 Å². The quantitative estimate of drug-likeness (QED) is 0.375. The van der Waals surface area contributed by atoms with E-state index in [0.717, 1.165) is 12.1 Å². The summed E-state index contributed by atoms with van der Waals surface area (Å²) in [6.07, 6.45) is -4.09. The fraction of sp³-hybridized carbons (Fsp3) is 0.240. The van der Waals surface area contributed by atoms with Crippen molar-refractivity contribution in [3.63, 3.8) is 0 Å². The first-order valence-electron chi connectivity index (χ1n) is 9.96. The highest BCUT2D eigenvalue weighted by Gasteiger charge is 2.30. The second kappa shape index (κ2) is 9.33. The van der Waals surface area contributed by atoms with Crippen LogP contribution in [0.5, 0.6) is 0 Å². The summed E-state index contributed by atoms with van der Waals surface area (Å²) in [5.74, 6) is -2.35. The van der Waals surface area contributed by atoms with E-state index in [2.05, 4.69) is 0 Å². The van der Waals surface area contributed by atoms with Crippen molar-refractivity contribution in [1.29, 1.82) is 0 Å². The number of benzene rings is 3. The van der Waals surface area contributed by atoms with E-state index in [1.807, 2.05) is 13.8 Å². The summed E-state index contributed by atoms with van der Waals surface area (Å²) in [5, 5.41) is 9.76. The van der Waals surface area contributed by atoms with Gasteiger partial charge in [-0.25, -0.2) is 4.39 Å². The normalized spacial score (nSPS) is 12.8. The molecule has 0 fully saturated rings. The molecular formula is C25H21ClF4O2. The van der Waals surface area contributed by atoms with Gasteiger partial charge < -0.3 is 5.11 Å². The highest BCUT2D eigenvalue weighted by Crippen LogP contribution is 2.36. The van der Waals surface area contributed by atoms with Crippen LogP contribution in [-0.4, -0.2) is 11.1 Å². The van der Waals surface area contributed by atoms with Gasteiger partial charge in [0.15, 0.2) is 0 Å². The molecule has 0 saturated carbocycles. The van der Waals surface area contributed by atoms with Crippen molar-refractivity contribution in [2.75, 3.05) is 0 Å². The van der Waals surface area contributed by atoms with Gasteiger partial charge in [-0.1, -0.05) is 55.8 Å². The van der Waals surface area contributed by atoms with Crippen LogP contribution in [0.1, 0.15) is 37.3 Å². The van der Waals surface area contributed by atoms with Gasteiger partial charge in [-0.15, -0.1) is 0 Å². The van der Waals surface area contributed by atoms with Crippen LogP contribution in [0, 0.1) is 11.7 Å². The number of hydrogen-bond donors (Lipinski definition) is 1. The molecule has 0 spiro atoms. The highest BCUT2D eigenvalue weighted by atomic mass is 35.5. The lowest BCUT2D eigenvalue weighted by Crippen LogP contribution is -2.14. The molecule has 2 nitrogen and oxygen atoms in total. The molecule has 0 bridgehead atoms. The predicted octanol–water partition coefficient (Wildman–Crippen LogP) is 8.05. The fourth-order valence-corrected chi connectivity index (χ4v) is 3.68. The Labute approximate surface area is 188 Å². The molecule has 1 atom stereocenters. The fourth-order valence-electron chi connectivity index (χ4n) is 3.56. The minimum atomic E-state index is -4.46. The summed E-state index contributed by atoms with van der Waals surface area (Å²) in [6, 6.07) is 13.9. The second-order valence-electron chi connectivity index (χ2n) is 8.07. The van der Waals surface area contributed by atoms with Crippen LogP contribution in [0.15, 0.2) is 60.7 Å². The Morgan fingerprint density at radius 3 is 1.97 bits per heavy atom. The molecule has 3 rings (SSSR count). The van der Waals surface area contributed by atoms with Gasteiger partial charge in [0.2, 0.25) is 0 Å². The molecule has 168 valence electrons. The molecule has 0 amide bonds. The Morgan fingerprint density at radius 2 is 1.47 bits per heavy atom. The zero-order valence-electron chi connectivity index (χ0n) is 17.4. The predicted molar refractivity (Wildman–Crippen MR) is 117 cm³/mol. The topological polar surface area (TPSA) is 37.3 Å². The summed E-state index contributed by atoms with van der Waals surface area (Å²) < 4.78 is 52.9. The van der Waals surface area contributed by atoms with Crippen molar-refractivity contribution in [1.82, 2.24) is 0 Å². The molecule has 0 unspecified atom stereocenters. The third-order valence-electron chi connectivity index (χ3n) is 5.16. The Balaban J connectivity index is 2.17. The highest BCUT2D eigenvalue weighted by molar-refractivity contribution is 6.30. The summed E-state index contributed by atoms with van der Waals surface area (Å²) in [7, 11) is 0. The molecule has 0 radical (unpaired) electrons. The van der Waals surface area contributed by atoms with Crippen molar-refractivity contribution < 1.29 is 27.5 Å². The number of carbonyl (C=O) groups is 1. The van der Waals surface area contributed by atoms with Crippen LogP contribution in [0.4, 0.5) is 17.6 Å². The van der Waals surface area contributed by atoms with Crippen LogP contribution in [0.2, 0.25) is 5.02 Å². The molecule has 0 aliphatic rings. The maximum atomic E-state index is 14.1. The lowest BCUT2D eigenvalue weighted by atomic mass is 9.86. The second-order valence-corrected chi connectivity index (χ2v) is 8.48. The van der Waals surface area contributed by atoms with E-state index in [9.17, 15) is 27.5 Å². The number of hydrogen-bond acceptors (Lipinski definition) is 1. The standard InChI is InChI=1S/C25H21ClF4O2/c1-14(2)9-21(24(31)32)19-11-17(15-3-6-20(7-4-15)25(28,29)30)10-18(12-19)16-5-8-22(26)23(27)13-16/h3-8,10-14,21H,9H2,1-2H3,(H,31,32)/t21-/m0/s1. The number of halogens is 5. The van der Waals surface area contributed by atoms with E-state index in [1.54, 1.807) is 24.3 Å². The van der Waals surface area contributed by atoms with Gasteiger partial charge in [0, 0.05) is 0 Å². The molecular weight excluding hydrogens is 444 g/mol. The van der Waals surface area contributed by atoms with Crippen LogP contribution < -0.4 is 0 Å². The Hall–Kier alpha value is -2.86. The Bertz CT molecular complexity index is 1120. The van der Waals surface area contributed by atoms with Crippen LogP contribution in [0.25, 0.3) is 22.3 Å². The lowest BCUT2D eigenvalue weighted by Gasteiger charge is -2.18. The van der Waals surface area contributed by atoms with E-state index in [-0.39, 0.29) is 10.9 Å². The van der Waals surface area contributed by atoms with E-state index < -0.39 is 29.4 Å². The van der Waals surface area contributed by atoms with Gasteiger partial charge in [0.05, 0.1) is 16.5 Å². The number of carboxylic acid groups (broad SMARTS) is 1. The minimum Gasteiger partial charge on any atom is -0.481 e. The summed E-state index contributed by atoms with van der Waals surface area (Å²) in [4.78, 5) is 12.0. The average Bonchev–Trinajstić information content (AvgIpc) is 2.73. The van der Waals surface area contributed by atoms with Crippen LogP contribution in [-0.2, 0) is 11.0 Å². The first kappa shape index (κ1) is 23.8.